The van der Waals surface area contributed by atoms with Crippen molar-refractivity contribution in [3.63, 3.8) is 0 Å². The van der Waals surface area contributed by atoms with Gasteiger partial charge in [0.05, 0.1) is 0 Å². The molecule has 0 saturated carbocycles. The average Bonchev–Trinajstić information content (AvgIpc) is 2.46. The lowest BCUT2D eigenvalue weighted by Crippen LogP contribution is -2.12. The van der Waals surface area contributed by atoms with Crippen LogP contribution >= 0.6 is 0 Å². The summed E-state index contributed by atoms with van der Waals surface area (Å²) in [5, 5.41) is 12.2. The summed E-state index contributed by atoms with van der Waals surface area (Å²) in [6.07, 6.45) is 2.98. The highest BCUT2D eigenvalue weighted by atomic mass is 15.2. The predicted molar refractivity (Wildman–Crippen MR) is 79.9 cm³/mol. The maximum absolute atomic E-state index is 8.94. The zero-order chi connectivity index (χ0) is 14.5. The highest BCUT2D eigenvalue weighted by Crippen LogP contribution is 2.22. The molecule has 0 aliphatic carbocycles. The van der Waals surface area contributed by atoms with Gasteiger partial charge in [0.25, 0.3) is 0 Å². The van der Waals surface area contributed by atoms with E-state index < -0.39 is 0 Å². The van der Waals surface area contributed by atoms with Crippen LogP contribution in [0.15, 0.2) is 30.3 Å². The molecule has 0 aliphatic heterocycles. The Balaban J connectivity index is 2.34. The molecule has 0 unspecified atom stereocenters. The van der Waals surface area contributed by atoms with Crippen LogP contribution in [0.1, 0.15) is 18.3 Å². The Kier molecular flexibility index (Phi) is 4.16. The lowest BCUT2D eigenvalue weighted by atomic mass is 10.1. The normalized spacial score (nSPS) is 9.90. The Labute approximate surface area is 118 Å². The standard InChI is InChI=1S/C15H17N5/c1-4-12-7-5-6-8-13(12)19-14-9-15(20(3)10-16)18-11(2)17-14/h5-9H,4H2,1-3H3,(H,17,18,19). The van der Waals surface area contributed by atoms with Gasteiger partial charge in [-0.1, -0.05) is 25.1 Å². The van der Waals surface area contributed by atoms with Crippen molar-refractivity contribution in [3.8, 4) is 6.19 Å². The zero-order valence-corrected chi connectivity index (χ0v) is 11.9. The minimum atomic E-state index is 0.580. The van der Waals surface area contributed by atoms with E-state index in [2.05, 4.69) is 28.3 Å². The third kappa shape index (κ3) is 3.04. The molecule has 20 heavy (non-hydrogen) atoms. The Bertz CT molecular complexity index is 645. The number of anilines is 3. The molecule has 5 nitrogen and oxygen atoms in total. The summed E-state index contributed by atoms with van der Waals surface area (Å²) in [4.78, 5) is 10.0. The van der Waals surface area contributed by atoms with Gasteiger partial charge in [-0.15, -0.1) is 0 Å². The molecule has 0 radical (unpaired) electrons. The van der Waals surface area contributed by atoms with E-state index in [0.717, 1.165) is 12.1 Å². The second-order valence-electron chi connectivity index (χ2n) is 4.45. The number of aryl methyl sites for hydroxylation is 2. The lowest BCUT2D eigenvalue weighted by Gasteiger charge is -2.13. The fourth-order valence-electron chi connectivity index (χ4n) is 1.93. The zero-order valence-electron chi connectivity index (χ0n) is 11.9. The topological polar surface area (TPSA) is 64.8 Å². The highest BCUT2D eigenvalue weighted by molar-refractivity contribution is 5.63. The van der Waals surface area contributed by atoms with Gasteiger partial charge in [-0.05, 0) is 25.0 Å². The average molecular weight is 267 g/mol. The van der Waals surface area contributed by atoms with E-state index >= 15 is 0 Å². The van der Waals surface area contributed by atoms with Gasteiger partial charge in [-0.3, -0.25) is 4.90 Å². The maximum Gasteiger partial charge on any atom is 0.185 e. The van der Waals surface area contributed by atoms with E-state index in [0.29, 0.717) is 17.5 Å². The number of rotatable bonds is 4. The van der Waals surface area contributed by atoms with Gasteiger partial charge in [0.1, 0.15) is 17.5 Å². The smallest absolute Gasteiger partial charge is 0.185 e. The first-order chi connectivity index (χ1) is 9.63. The summed E-state index contributed by atoms with van der Waals surface area (Å²) in [6.45, 7) is 3.92. The number of benzene rings is 1. The van der Waals surface area contributed by atoms with Gasteiger partial charge in [0.15, 0.2) is 6.19 Å². The number of nitriles is 1. The SMILES string of the molecule is CCc1ccccc1Nc1cc(N(C)C#N)nc(C)n1. The van der Waals surface area contributed by atoms with Crippen LogP contribution in [0.4, 0.5) is 17.3 Å². The van der Waals surface area contributed by atoms with Crippen molar-refractivity contribution < 1.29 is 0 Å². The molecular weight excluding hydrogens is 250 g/mol. The Morgan fingerprint density at radius 2 is 2.05 bits per heavy atom. The molecule has 102 valence electrons. The van der Waals surface area contributed by atoms with Crippen LogP contribution in [-0.2, 0) is 6.42 Å². The van der Waals surface area contributed by atoms with E-state index in [4.69, 9.17) is 5.26 Å². The van der Waals surface area contributed by atoms with E-state index in [9.17, 15) is 0 Å². The number of para-hydroxylation sites is 1. The van der Waals surface area contributed by atoms with Crippen LogP contribution in [0.2, 0.25) is 0 Å². The molecule has 0 aliphatic rings. The summed E-state index contributed by atoms with van der Waals surface area (Å²) < 4.78 is 0. The summed E-state index contributed by atoms with van der Waals surface area (Å²) in [5.41, 5.74) is 2.25. The van der Waals surface area contributed by atoms with Gasteiger partial charge in [0.2, 0.25) is 0 Å². The second kappa shape index (κ2) is 6.02. The summed E-state index contributed by atoms with van der Waals surface area (Å²) in [5.74, 6) is 1.90. The maximum atomic E-state index is 8.94. The Hall–Kier alpha value is -2.61. The Morgan fingerprint density at radius 1 is 1.30 bits per heavy atom. The largest absolute Gasteiger partial charge is 0.340 e. The number of nitrogens with one attached hydrogen (secondary N) is 1. The molecule has 0 saturated heterocycles. The van der Waals surface area contributed by atoms with Crippen molar-refractivity contribution in [2.45, 2.75) is 20.3 Å². The molecule has 0 bridgehead atoms. The molecule has 2 rings (SSSR count). The molecule has 2 aromatic rings. The molecule has 5 heteroatoms. The van der Waals surface area contributed by atoms with E-state index in [-0.39, 0.29) is 0 Å². The fraction of sp³-hybridized carbons (Fsp3) is 0.267. The van der Waals surface area contributed by atoms with Crippen molar-refractivity contribution in [3.05, 3.63) is 41.7 Å². The van der Waals surface area contributed by atoms with Gasteiger partial charge in [0, 0.05) is 18.8 Å². The van der Waals surface area contributed by atoms with Crippen LogP contribution in [0, 0.1) is 18.4 Å². The lowest BCUT2D eigenvalue weighted by molar-refractivity contribution is 1.02. The number of hydrogen-bond acceptors (Lipinski definition) is 5. The van der Waals surface area contributed by atoms with Crippen LogP contribution in [0.3, 0.4) is 0 Å². The van der Waals surface area contributed by atoms with Crippen molar-refractivity contribution in [1.82, 2.24) is 9.97 Å². The number of aromatic nitrogens is 2. The second-order valence-corrected chi connectivity index (χ2v) is 4.45. The third-order valence-corrected chi connectivity index (χ3v) is 2.98. The van der Waals surface area contributed by atoms with E-state index in [1.54, 1.807) is 13.1 Å². The minimum absolute atomic E-state index is 0.580. The molecule has 1 aromatic heterocycles. The molecule has 1 aromatic carbocycles. The molecule has 1 heterocycles. The van der Waals surface area contributed by atoms with Crippen molar-refractivity contribution >= 4 is 17.3 Å². The summed E-state index contributed by atoms with van der Waals surface area (Å²) in [6, 6.07) is 9.87. The first-order valence-corrected chi connectivity index (χ1v) is 6.48. The van der Waals surface area contributed by atoms with Gasteiger partial charge in [-0.2, -0.15) is 5.26 Å². The summed E-state index contributed by atoms with van der Waals surface area (Å²) in [7, 11) is 1.67. The van der Waals surface area contributed by atoms with Crippen molar-refractivity contribution in [2.75, 3.05) is 17.3 Å². The van der Waals surface area contributed by atoms with Gasteiger partial charge < -0.3 is 5.32 Å². The molecule has 0 atom stereocenters. The number of hydrogen-bond donors (Lipinski definition) is 1. The van der Waals surface area contributed by atoms with Gasteiger partial charge >= 0.3 is 0 Å². The van der Waals surface area contributed by atoms with E-state index in [1.165, 1.54) is 10.5 Å². The molecule has 0 spiro atoms. The number of nitrogens with zero attached hydrogens (tertiary/aromatic N) is 4. The molecule has 0 amide bonds. The Morgan fingerprint density at radius 3 is 2.75 bits per heavy atom. The molecular formula is C15H17N5. The highest BCUT2D eigenvalue weighted by Gasteiger charge is 2.07. The minimum Gasteiger partial charge on any atom is -0.340 e. The van der Waals surface area contributed by atoms with Gasteiger partial charge in [-0.25, -0.2) is 9.97 Å². The van der Waals surface area contributed by atoms with Crippen LogP contribution < -0.4 is 10.2 Å². The van der Waals surface area contributed by atoms with Crippen LogP contribution in [0.25, 0.3) is 0 Å². The first kappa shape index (κ1) is 13.8. The summed E-state index contributed by atoms with van der Waals surface area (Å²) >= 11 is 0. The van der Waals surface area contributed by atoms with Crippen molar-refractivity contribution in [2.24, 2.45) is 0 Å². The van der Waals surface area contributed by atoms with Crippen LogP contribution in [0.5, 0.6) is 0 Å². The first-order valence-electron chi connectivity index (χ1n) is 6.48. The quantitative estimate of drug-likeness (QED) is 0.681. The third-order valence-electron chi connectivity index (χ3n) is 2.98. The molecule has 1 N–H and O–H groups in total. The monoisotopic (exact) mass is 267 g/mol. The fourth-order valence-corrected chi connectivity index (χ4v) is 1.93. The van der Waals surface area contributed by atoms with Crippen molar-refractivity contribution in [1.29, 1.82) is 5.26 Å². The van der Waals surface area contributed by atoms with Crippen LogP contribution in [-0.4, -0.2) is 17.0 Å². The molecule has 0 fully saturated rings. The predicted octanol–water partition coefficient (Wildman–Crippen LogP) is 3.01. The van der Waals surface area contributed by atoms with E-state index in [1.807, 2.05) is 31.3 Å².